The van der Waals surface area contributed by atoms with Crippen molar-refractivity contribution in [2.45, 2.75) is 29.3 Å². The van der Waals surface area contributed by atoms with Crippen molar-refractivity contribution in [3.63, 3.8) is 0 Å². The minimum absolute atomic E-state index is 0.0437. The molecule has 10 heteroatoms. The number of alkyl halides is 2. The average molecular weight is 433 g/mol. The molecule has 0 bridgehead atoms. The van der Waals surface area contributed by atoms with Gasteiger partial charge >= 0.3 is 5.76 Å². The predicted molar refractivity (Wildman–Crippen MR) is 92.4 cm³/mol. The lowest BCUT2D eigenvalue weighted by atomic mass is 10.1. The van der Waals surface area contributed by atoms with Crippen molar-refractivity contribution < 1.29 is 35.8 Å². The van der Waals surface area contributed by atoms with E-state index >= 15 is 0 Å². The molecule has 4 rings (SSSR count). The van der Waals surface area contributed by atoms with Gasteiger partial charge in [0.2, 0.25) is 9.84 Å². The molecule has 0 unspecified atom stereocenters. The molecule has 0 N–H and O–H groups in total. The van der Waals surface area contributed by atoms with Crippen molar-refractivity contribution in [3.05, 3.63) is 64.8 Å². The molecule has 0 radical (unpaired) electrons. The number of hydrogen-bond acceptors (Lipinski definition) is 5. The number of sulfone groups is 1. The first-order valence-electron chi connectivity index (χ1n) is 8.06. The predicted octanol–water partition coefficient (Wildman–Crippen LogP) is 4.88. The lowest BCUT2D eigenvalue weighted by Crippen LogP contribution is -2.27. The number of rotatable bonds is 4. The van der Waals surface area contributed by atoms with Crippen LogP contribution in [0.15, 0.2) is 47.8 Å². The van der Waals surface area contributed by atoms with Crippen LogP contribution in [0.3, 0.4) is 0 Å². The summed E-state index contributed by atoms with van der Waals surface area (Å²) in [6, 6.07) is 5.81. The van der Waals surface area contributed by atoms with Crippen LogP contribution in [0.25, 0.3) is 0 Å². The molecule has 0 saturated heterocycles. The smallest absolute Gasteiger partial charge is 0.341 e. The molecule has 0 atom stereocenters. The van der Waals surface area contributed by atoms with Crippen molar-refractivity contribution in [1.29, 1.82) is 0 Å². The molecule has 2 aromatic carbocycles. The van der Waals surface area contributed by atoms with E-state index in [1.54, 1.807) is 0 Å². The minimum Gasteiger partial charge on any atom is -0.457 e. The summed E-state index contributed by atoms with van der Waals surface area (Å²) in [6.07, 6.45) is 2.86. The van der Waals surface area contributed by atoms with Crippen molar-refractivity contribution in [3.8, 4) is 11.5 Å². The van der Waals surface area contributed by atoms with Crippen LogP contribution >= 0.6 is 11.6 Å². The van der Waals surface area contributed by atoms with Gasteiger partial charge in [0.1, 0.15) is 29.8 Å². The van der Waals surface area contributed by atoms with Crippen LogP contribution in [-0.2, 0) is 31.5 Å². The second kappa shape index (κ2) is 6.59. The van der Waals surface area contributed by atoms with Gasteiger partial charge in [-0.3, -0.25) is 0 Å². The monoisotopic (exact) mass is 432 g/mol. The van der Waals surface area contributed by atoms with Gasteiger partial charge in [-0.25, -0.2) is 12.8 Å². The summed E-state index contributed by atoms with van der Waals surface area (Å²) in [5, 5.41) is 0.103. The van der Waals surface area contributed by atoms with Crippen LogP contribution < -0.4 is 4.74 Å². The molecule has 0 amide bonds. The van der Waals surface area contributed by atoms with Crippen LogP contribution in [0.2, 0.25) is 5.02 Å². The molecule has 0 aromatic heterocycles. The summed E-state index contributed by atoms with van der Waals surface area (Å²) < 4.78 is 80.9. The minimum atomic E-state index is -4.93. The molecular formula is C18H12ClF3O5S. The van der Waals surface area contributed by atoms with Crippen molar-refractivity contribution >= 4 is 21.4 Å². The summed E-state index contributed by atoms with van der Waals surface area (Å²) in [7, 11) is -4.93. The first kappa shape index (κ1) is 18.9. The molecule has 1 spiro atoms. The van der Waals surface area contributed by atoms with E-state index in [4.69, 9.17) is 25.8 Å². The lowest BCUT2D eigenvalue weighted by Gasteiger charge is -2.26. The Bertz CT molecular complexity index is 1060. The first-order valence-corrected chi connectivity index (χ1v) is 9.98. The number of ether oxygens (including phenoxy) is 3. The average Bonchev–Trinajstić information content (AvgIpc) is 3.23. The van der Waals surface area contributed by atoms with E-state index in [9.17, 15) is 21.6 Å². The van der Waals surface area contributed by atoms with E-state index < -0.39 is 32.1 Å². The molecule has 0 fully saturated rings. The Hall–Kier alpha value is -2.39. The number of hydrogen-bond donors (Lipinski definition) is 0. The van der Waals surface area contributed by atoms with Gasteiger partial charge in [0.25, 0.3) is 5.79 Å². The van der Waals surface area contributed by atoms with Gasteiger partial charge in [-0.05, 0) is 30.7 Å². The Labute approximate surface area is 163 Å². The molecule has 2 aliphatic rings. The highest BCUT2D eigenvalue weighted by atomic mass is 35.5. The zero-order valence-electron chi connectivity index (χ0n) is 14.0. The fourth-order valence-corrected chi connectivity index (χ4v) is 4.59. The normalized spacial score (nSPS) is 16.9. The lowest BCUT2D eigenvalue weighted by molar-refractivity contribution is -0.148. The highest BCUT2D eigenvalue weighted by Gasteiger charge is 2.50. The van der Waals surface area contributed by atoms with Gasteiger partial charge in [0.15, 0.2) is 0 Å². The molecule has 0 saturated carbocycles. The summed E-state index contributed by atoms with van der Waals surface area (Å²) in [4.78, 5) is -0.594. The third kappa shape index (κ3) is 2.98. The maximum Gasteiger partial charge on any atom is 0.341 e. The van der Waals surface area contributed by atoms with Gasteiger partial charge in [-0.15, -0.1) is 0 Å². The van der Waals surface area contributed by atoms with Gasteiger partial charge < -0.3 is 14.2 Å². The molecule has 5 nitrogen and oxygen atoms in total. The van der Waals surface area contributed by atoms with Crippen LogP contribution in [0, 0.1) is 5.82 Å². The third-order valence-corrected chi connectivity index (χ3v) is 6.13. The van der Waals surface area contributed by atoms with Crippen LogP contribution in [0.4, 0.5) is 13.2 Å². The van der Waals surface area contributed by atoms with Gasteiger partial charge in [-0.2, -0.15) is 8.78 Å². The molecule has 28 heavy (non-hydrogen) atoms. The summed E-state index contributed by atoms with van der Waals surface area (Å²) in [6.45, 7) is 0. The molecule has 1 aliphatic carbocycles. The Kier molecular flexibility index (Phi) is 4.46. The summed E-state index contributed by atoms with van der Waals surface area (Å²) in [5.74, 6) is -5.52. The molecule has 1 aliphatic heterocycles. The van der Waals surface area contributed by atoms with Crippen LogP contribution in [0.1, 0.15) is 17.5 Å². The van der Waals surface area contributed by atoms with Crippen molar-refractivity contribution in [1.82, 2.24) is 0 Å². The van der Waals surface area contributed by atoms with E-state index in [1.807, 2.05) is 0 Å². The Balaban J connectivity index is 1.87. The summed E-state index contributed by atoms with van der Waals surface area (Å²) in [5.41, 5.74) is 0.281. The SMILES string of the molecule is O=S(=O)(c1ccc(Oc2cc(F)cc(Cl)c2)c2c1C1(CC2)OC=CO1)C(F)F. The molecular weight excluding hydrogens is 421 g/mol. The summed E-state index contributed by atoms with van der Waals surface area (Å²) >= 11 is 5.82. The van der Waals surface area contributed by atoms with E-state index in [-0.39, 0.29) is 34.9 Å². The van der Waals surface area contributed by atoms with E-state index in [2.05, 4.69) is 0 Å². The Morgan fingerprint density at radius 1 is 1.14 bits per heavy atom. The number of fused-ring (bicyclic) bond motifs is 2. The standard InChI is InChI=1S/C18H12ClF3O5S/c19-10-7-11(20)9-12(8-10)27-14-1-2-15(28(23,24)17(21)22)16-13(14)3-4-18(16)25-5-6-26-18/h1-2,5-9,17H,3-4H2. The fraction of sp³-hybridized carbons (Fsp3) is 0.222. The van der Waals surface area contributed by atoms with E-state index in [0.29, 0.717) is 5.56 Å². The topological polar surface area (TPSA) is 61.8 Å². The Morgan fingerprint density at radius 3 is 2.50 bits per heavy atom. The largest absolute Gasteiger partial charge is 0.457 e. The quantitative estimate of drug-likeness (QED) is 0.688. The maximum atomic E-state index is 13.6. The van der Waals surface area contributed by atoms with Crippen molar-refractivity contribution in [2.24, 2.45) is 0 Å². The second-order valence-electron chi connectivity index (χ2n) is 6.19. The van der Waals surface area contributed by atoms with E-state index in [0.717, 1.165) is 18.2 Å². The third-order valence-electron chi connectivity index (χ3n) is 4.49. The second-order valence-corrected chi connectivity index (χ2v) is 8.51. The van der Waals surface area contributed by atoms with Crippen LogP contribution in [-0.4, -0.2) is 14.2 Å². The van der Waals surface area contributed by atoms with Crippen LogP contribution in [0.5, 0.6) is 11.5 Å². The highest BCUT2D eigenvalue weighted by Crippen LogP contribution is 2.50. The van der Waals surface area contributed by atoms with Crippen molar-refractivity contribution in [2.75, 3.05) is 0 Å². The van der Waals surface area contributed by atoms with Gasteiger partial charge in [0, 0.05) is 23.1 Å². The first-order chi connectivity index (χ1) is 13.2. The Morgan fingerprint density at radius 2 is 1.86 bits per heavy atom. The zero-order valence-corrected chi connectivity index (χ0v) is 15.6. The maximum absolute atomic E-state index is 13.6. The fourth-order valence-electron chi connectivity index (χ4n) is 3.37. The van der Waals surface area contributed by atoms with Gasteiger partial charge in [0.05, 0.1) is 10.5 Å². The molecule has 2 aromatic rings. The highest BCUT2D eigenvalue weighted by molar-refractivity contribution is 7.91. The molecule has 148 valence electrons. The van der Waals surface area contributed by atoms with Gasteiger partial charge in [-0.1, -0.05) is 11.6 Å². The molecule has 1 heterocycles. The zero-order chi connectivity index (χ0) is 20.1. The van der Waals surface area contributed by atoms with E-state index in [1.165, 1.54) is 24.7 Å². The number of halogens is 4. The number of benzene rings is 2.